The zero-order chi connectivity index (χ0) is 69.3. The van der Waals surface area contributed by atoms with Crippen LogP contribution in [0.4, 0.5) is 47.3 Å². The van der Waals surface area contributed by atoms with Gasteiger partial charge in [-0.25, -0.2) is 19.6 Å². The molecule has 0 saturated carbocycles. The van der Waals surface area contributed by atoms with Crippen LogP contribution in [0.2, 0.25) is 0 Å². The Labute approximate surface area is 583 Å². The molecule has 10 aromatic rings. The first-order chi connectivity index (χ1) is 46.7. The first-order valence-electron chi connectivity index (χ1n) is 28.9. The van der Waals surface area contributed by atoms with E-state index in [9.17, 15) is 58.6 Å². The minimum absolute atomic E-state index is 0.0124. The van der Waals surface area contributed by atoms with Crippen LogP contribution < -0.4 is 29.1 Å². The Hall–Kier alpha value is -11.1. The van der Waals surface area contributed by atoms with Crippen LogP contribution in [0.1, 0.15) is 101 Å². The highest BCUT2D eigenvalue weighted by atomic mass is 79.9. The lowest BCUT2D eigenvalue weighted by atomic mass is 9.75. The molecular weight excluding hydrogens is 1540 g/mol. The predicted molar refractivity (Wildman–Crippen MR) is 364 cm³/mol. The molecule has 4 heterocycles. The molecule has 20 nitrogen and oxygen atoms in total. The monoisotopic (exact) mass is 1570 g/mol. The molecule has 4 aliphatic heterocycles. The lowest BCUT2D eigenvalue weighted by molar-refractivity contribution is -0.385. The maximum absolute atomic E-state index is 15.3. The van der Waals surface area contributed by atoms with E-state index in [4.69, 9.17) is 9.47 Å². The number of alkyl halides is 3. The quantitative estimate of drug-likeness (QED) is 0.0557. The van der Waals surface area contributed by atoms with Gasteiger partial charge in [0.05, 0.1) is 77.1 Å². The Bertz CT molecular complexity index is 4940. The molecule has 482 valence electrons. The Kier molecular flexibility index (Phi) is 15.7. The van der Waals surface area contributed by atoms with E-state index in [0.717, 1.165) is 26.5 Å². The van der Waals surface area contributed by atoms with Gasteiger partial charge in [-0.1, -0.05) is 60.7 Å². The molecule has 10 aromatic carbocycles. The summed E-state index contributed by atoms with van der Waals surface area (Å²) in [5.74, 6) is -4.74. The number of fused-ring (bicyclic) bond motifs is 4. The van der Waals surface area contributed by atoms with Crippen molar-refractivity contribution >= 4 is 145 Å². The number of anilines is 4. The van der Waals surface area contributed by atoms with E-state index >= 15 is 13.2 Å². The largest absolute Gasteiger partial charge is 0.457 e. The number of nitrogens with zero attached hydrogens (tertiary/aromatic N) is 6. The molecule has 98 heavy (non-hydrogen) atoms. The average Bonchev–Trinajstić information content (AvgIpc) is 1.52. The minimum Gasteiger partial charge on any atom is -0.457 e. The molecule has 0 fully saturated rings. The molecule has 0 aliphatic carbocycles. The van der Waals surface area contributed by atoms with Crippen LogP contribution in [0.5, 0.6) is 23.0 Å². The zero-order valence-corrected chi connectivity index (χ0v) is 55.9. The molecule has 14 rings (SSSR count). The van der Waals surface area contributed by atoms with E-state index in [0.29, 0.717) is 11.1 Å². The van der Waals surface area contributed by atoms with Gasteiger partial charge < -0.3 is 9.47 Å². The average molecular weight is 1570 g/mol. The Balaban J connectivity index is 0.624. The van der Waals surface area contributed by atoms with Crippen molar-refractivity contribution in [2.45, 2.75) is 18.5 Å². The van der Waals surface area contributed by atoms with Gasteiger partial charge in [0.15, 0.2) is 0 Å². The van der Waals surface area contributed by atoms with Crippen molar-refractivity contribution in [3.63, 3.8) is 0 Å². The summed E-state index contributed by atoms with van der Waals surface area (Å²) >= 11 is 13.0. The molecule has 0 unspecified atom stereocenters. The number of halogens is 7. The molecule has 0 saturated heterocycles. The van der Waals surface area contributed by atoms with Crippen molar-refractivity contribution in [3.05, 3.63) is 288 Å². The SMILES string of the molecule is CC(c1ccc(Oc2ccc(N3C(=O)c4ccc(-c5cccc6c5C(=O)N(c5c(Br)cc([N+](=O)[O-])cc5Br)C6=O)cc4C3=O)cc2)cc1)(c1ccc(Oc2ccc(N3C(=O)c4ccc(-c5cccc6c5C(=O)N(c5c(Br)cc([N+](=O)[O-])cc5Br)C6=O)cc4C3=O)cc2)cc1)C(F)(F)F. The molecule has 0 radical (unpaired) electrons. The third-order valence-corrected chi connectivity index (χ3v) is 19.6. The number of hydrogen-bond donors (Lipinski definition) is 0. The maximum atomic E-state index is 15.3. The van der Waals surface area contributed by atoms with Gasteiger partial charge >= 0.3 is 6.18 Å². The first-order valence-corrected chi connectivity index (χ1v) is 32.1. The topological polar surface area (TPSA) is 254 Å². The number of carbonyl (C=O) groups is 8. The molecule has 8 amide bonds. The smallest absolute Gasteiger partial charge is 0.402 e. The Morgan fingerprint density at radius 3 is 0.969 bits per heavy atom. The number of imide groups is 4. The number of ether oxygens (including phenoxy) is 2. The predicted octanol–water partition coefficient (Wildman–Crippen LogP) is 17.5. The highest BCUT2D eigenvalue weighted by Gasteiger charge is 2.54. The number of nitro groups is 2. The van der Waals surface area contributed by atoms with Crippen LogP contribution in [-0.4, -0.2) is 63.3 Å². The fourth-order valence-electron chi connectivity index (χ4n) is 12.3. The van der Waals surface area contributed by atoms with Gasteiger partial charge in [-0.3, -0.25) is 58.6 Å². The van der Waals surface area contributed by atoms with Gasteiger partial charge in [0.25, 0.3) is 58.6 Å². The summed E-state index contributed by atoms with van der Waals surface area (Å²) < 4.78 is 58.4. The fraction of sp³-hybridized carbons (Fsp3) is 0.0423. The van der Waals surface area contributed by atoms with Crippen LogP contribution >= 0.6 is 63.7 Å². The van der Waals surface area contributed by atoms with E-state index in [1.165, 1.54) is 158 Å². The molecule has 0 N–H and O–H groups in total. The molecule has 4 aliphatic rings. The van der Waals surface area contributed by atoms with Crippen LogP contribution in [0.3, 0.4) is 0 Å². The number of benzene rings is 10. The van der Waals surface area contributed by atoms with Crippen LogP contribution in [0, 0.1) is 20.2 Å². The van der Waals surface area contributed by atoms with Gasteiger partial charge in [0, 0.05) is 42.2 Å². The third kappa shape index (κ3) is 10.4. The van der Waals surface area contributed by atoms with E-state index in [2.05, 4.69) is 63.7 Å². The van der Waals surface area contributed by atoms with Crippen molar-refractivity contribution in [1.82, 2.24) is 0 Å². The van der Waals surface area contributed by atoms with Gasteiger partial charge in [0.2, 0.25) is 0 Å². The number of rotatable bonds is 14. The highest BCUT2D eigenvalue weighted by Crippen LogP contribution is 2.50. The number of amides is 8. The van der Waals surface area contributed by atoms with Crippen LogP contribution in [0.15, 0.2) is 212 Å². The number of non-ortho nitro benzene ring substituents is 2. The maximum Gasteiger partial charge on any atom is 0.402 e. The highest BCUT2D eigenvalue weighted by molar-refractivity contribution is 9.11. The Morgan fingerprint density at radius 1 is 0.357 bits per heavy atom. The van der Waals surface area contributed by atoms with Crippen LogP contribution in [-0.2, 0) is 5.41 Å². The summed E-state index contributed by atoms with van der Waals surface area (Å²) in [6.45, 7) is 1.04. The molecule has 0 aromatic heterocycles. The number of hydrogen-bond acceptors (Lipinski definition) is 14. The lowest BCUT2D eigenvalue weighted by Gasteiger charge is -2.33. The van der Waals surface area contributed by atoms with E-state index in [1.54, 1.807) is 36.4 Å². The standard InChI is InChI=1S/C71H35Br4F3N6O14/c1-70(71(76,77)78,36-10-18-42(19-11-36)97-44-22-14-38(15-23-44)79-62(85)48-26-8-34(28-52(48)66(79)89)46-4-2-6-50-58(46)68(91)81(64(50)87)60-54(72)30-40(83(93)94)31-55(60)73)37-12-20-43(21-13-37)98-45-24-16-39(17-25-45)80-63(86)49-27-9-35(29-53(49)67(80)90)47-5-3-7-51-59(47)69(92)82(65(51)88)61-56(74)32-41(84(95)96)33-57(61)75/h2-33H,1H3. The molecule has 27 heteroatoms. The van der Waals surface area contributed by atoms with Crippen molar-refractivity contribution in [2.24, 2.45) is 0 Å². The van der Waals surface area contributed by atoms with Gasteiger partial charge in [-0.05, 0) is 213 Å². The second-order valence-electron chi connectivity index (χ2n) is 22.7. The summed E-state index contributed by atoms with van der Waals surface area (Å²) in [7, 11) is 0. The number of carbonyl (C=O) groups excluding carboxylic acids is 8. The molecule has 0 bridgehead atoms. The van der Waals surface area contributed by atoms with Crippen molar-refractivity contribution < 1.29 is 70.8 Å². The van der Waals surface area contributed by atoms with Crippen molar-refractivity contribution in [2.75, 3.05) is 19.6 Å². The third-order valence-electron chi connectivity index (χ3n) is 17.2. The second kappa shape index (κ2) is 23.9. The minimum atomic E-state index is -4.81. The van der Waals surface area contributed by atoms with E-state index in [-0.39, 0.29) is 142 Å². The van der Waals surface area contributed by atoms with Gasteiger partial charge in [-0.15, -0.1) is 0 Å². The van der Waals surface area contributed by atoms with Crippen molar-refractivity contribution in [1.29, 1.82) is 0 Å². The summed E-state index contributed by atoms with van der Waals surface area (Å²) in [5, 5.41) is 23.0. The summed E-state index contributed by atoms with van der Waals surface area (Å²) in [6.07, 6.45) is -4.81. The van der Waals surface area contributed by atoms with Gasteiger partial charge in [0.1, 0.15) is 28.4 Å². The first kappa shape index (κ1) is 64.2. The van der Waals surface area contributed by atoms with Crippen molar-refractivity contribution in [3.8, 4) is 45.3 Å². The second-order valence-corrected chi connectivity index (χ2v) is 26.1. The zero-order valence-electron chi connectivity index (χ0n) is 49.5. The van der Waals surface area contributed by atoms with Crippen LogP contribution in [0.25, 0.3) is 22.3 Å². The molecule has 0 atom stereocenters. The van der Waals surface area contributed by atoms with Gasteiger partial charge in [-0.2, -0.15) is 13.2 Å². The van der Waals surface area contributed by atoms with E-state index in [1.807, 2.05) is 0 Å². The fourth-order valence-corrected chi connectivity index (χ4v) is 15.3. The lowest BCUT2D eigenvalue weighted by Crippen LogP contribution is -2.40. The Morgan fingerprint density at radius 2 is 0.653 bits per heavy atom. The van der Waals surface area contributed by atoms with E-state index < -0.39 is 68.7 Å². The number of nitro benzene ring substituents is 2. The molecular formula is C71H35Br4F3N6O14. The molecule has 0 spiro atoms. The summed E-state index contributed by atoms with van der Waals surface area (Å²) in [4.78, 5) is 137. The summed E-state index contributed by atoms with van der Waals surface area (Å²) in [6, 6.07) is 45.1. The normalized spacial score (nSPS) is 14.2. The summed E-state index contributed by atoms with van der Waals surface area (Å²) in [5.41, 5.74) is -1.40.